The van der Waals surface area contributed by atoms with Gasteiger partial charge in [-0.15, -0.1) is 0 Å². The normalized spacial score (nSPS) is 22.5. The molecule has 2 heterocycles. The van der Waals surface area contributed by atoms with Crippen LogP contribution in [0.25, 0.3) is 11.3 Å². The molecule has 8 rings (SSSR count). The van der Waals surface area contributed by atoms with Crippen molar-refractivity contribution in [1.82, 2.24) is 0 Å². The summed E-state index contributed by atoms with van der Waals surface area (Å²) >= 11 is 0. The van der Waals surface area contributed by atoms with Gasteiger partial charge in [0.1, 0.15) is 22.7 Å². The van der Waals surface area contributed by atoms with Crippen molar-refractivity contribution in [2.45, 2.75) is 24.0 Å². The molecule has 6 aromatic rings. The number of fused-ring (bicyclic) bond motifs is 2. The van der Waals surface area contributed by atoms with Gasteiger partial charge in [0.05, 0.1) is 5.92 Å². The third-order valence-corrected chi connectivity index (χ3v) is 8.75. The predicted molar refractivity (Wildman–Crippen MR) is 158 cm³/mol. The van der Waals surface area contributed by atoms with Crippen LogP contribution in [-0.2, 0) is 15.9 Å². The minimum absolute atomic E-state index is 0.118. The van der Waals surface area contributed by atoms with E-state index in [1.807, 2.05) is 6.07 Å². The summed E-state index contributed by atoms with van der Waals surface area (Å²) in [4.78, 5) is 0. The Morgan fingerprint density at radius 1 is 0.550 bits per heavy atom. The molecule has 40 heavy (non-hydrogen) atoms. The third kappa shape index (κ3) is 2.97. The second kappa shape index (κ2) is 8.67. The average Bonchev–Trinajstić information content (AvgIpc) is 3.52. The second-order valence-corrected chi connectivity index (χ2v) is 10.8. The number of aryl methyl sites for hydroxylation is 1. The van der Waals surface area contributed by atoms with Gasteiger partial charge in [-0.05, 0) is 34.7 Å². The maximum atomic E-state index is 7.82. The summed E-state index contributed by atoms with van der Waals surface area (Å²) in [7, 11) is 0. The monoisotopic (exact) mass is 516 g/mol. The number of benzene rings is 5. The minimum Gasteiger partial charge on any atom is -0.461 e. The molecule has 1 aromatic heterocycles. The maximum absolute atomic E-state index is 7.82. The molecule has 0 saturated heterocycles. The van der Waals surface area contributed by atoms with Gasteiger partial charge in [0.2, 0.25) is 0 Å². The first kappa shape index (κ1) is 23.2. The highest BCUT2D eigenvalue weighted by atomic mass is 16.5. The molecule has 2 aliphatic rings. The second-order valence-electron chi connectivity index (χ2n) is 10.8. The van der Waals surface area contributed by atoms with E-state index in [4.69, 9.17) is 9.15 Å². The summed E-state index contributed by atoms with van der Waals surface area (Å²) in [6.07, 6.45) is 0. The standard InChI is InChI=1S/C38H28O2/c1-26-33-34(27-16-6-2-7-17-27)37(29-20-10-4-11-21-29)31-24-14-15-25-32(31)38(40-37,30-22-12-5-13-23-30)35(33)36(39-26)28-18-8-3-9-19-28/h2-25,34H,1H3/t34-,37+,38-/m0/s1. The zero-order valence-electron chi connectivity index (χ0n) is 22.3. The van der Waals surface area contributed by atoms with Gasteiger partial charge in [0.15, 0.2) is 0 Å². The SMILES string of the molecule is Cc1oc(-c2ccccc2)c2c1[C@H](c1ccccc1)[C@]1(c3ccccc3)O[C@@]2(c2ccccc2)c2ccccc21. The zero-order valence-corrected chi connectivity index (χ0v) is 22.3. The summed E-state index contributed by atoms with van der Waals surface area (Å²) in [6, 6.07) is 51.5. The summed E-state index contributed by atoms with van der Waals surface area (Å²) < 4.78 is 14.6. The van der Waals surface area contributed by atoms with E-state index in [9.17, 15) is 0 Å². The van der Waals surface area contributed by atoms with Crippen LogP contribution < -0.4 is 0 Å². The molecular weight excluding hydrogens is 488 g/mol. The Kier molecular flexibility index (Phi) is 5.04. The highest BCUT2D eigenvalue weighted by Crippen LogP contribution is 2.69. The first-order valence-corrected chi connectivity index (χ1v) is 13.9. The van der Waals surface area contributed by atoms with Gasteiger partial charge in [-0.3, -0.25) is 0 Å². The molecule has 1 aliphatic heterocycles. The van der Waals surface area contributed by atoms with E-state index in [0.29, 0.717) is 0 Å². The van der Waals surface area contributed by atoms with Crippen LogP contribution in [0, 0.1) is 6.92 Å². The lowest BCUT2D eigenvalue weighted by Crippen LogP contribution is -2.45. The average molecular weight is 517 g/mol. The van der Waals surface area contributed by atoms with E-state index in [1.54, 1.807) is 0 Å². The minimum atomic E-state index is -0.850. The van der Waals surface area contributed by atoms with Crippen LogP contribution in [0.3, 0.4) is 0 Å². The molecule has 1 aliphatic carbocycles. The number of hydrogen-bond donors (Lipinski definition) is 0. The van der Waals surface area contributed by atoms with Gasteiger partial charge in [-0.1, -0.05) is 146 Å². The van der Waals surface area contributed by atoms with Crippen LogP contribution in [0.4, 0.5) is 0 Å². The number of ether oxygens (including phenoxy) is 1. The van der Waals surface area contributed by atoms with Gasteiger partial charge >= 0.3 is 0 Å². The fourth-order valence-corrected chi connectivity index (χ4v) is 7.26. The van der Waals surface area contributed by atoms with Crippen LogP contribution >= 0.6 is 0 Å². The van der Waals surface area contributed by atoms with E-state index in [0.717, 1.165) is 33.8 Å². The first-order valence-electron chi connectivity index (χ1n) is 13.9. The molecule has 0 amide bonds. The van der Waals surface area contributed by atoms with Gasteiger partial charge in [-0.2, -0.15) is 0 Å². The molecule has 0 saturated carbocycles. The molecule has 2 heteroatoms. The van der Waals surface area contributed by atoms with Crippen molar-refractivity contribution in [3.63, 3.8) is 0 Å². The molecule has 0 fully saturated rings. The Morgan fingerprint density at radius 2 is 1.07 bits per heavy atom. The Balaban J connectivity index is 1.60. The molecule has 2 bridgehead atoms. The Bertz CT molecular complexity index is 1820. The first-order chi connectivity index (χ1) is 19.7. The van der Waals surface area contributed by atoms with Gasteiger partial charge in [0.25, 0.3) is 0 Å². The van der Waals surface area contributed by atoms with Crippen molar-refractivity contribution >= 4 is 0 Å². The molecular formula is C38H28O2. The molecule has 5 aromatic carbocycles. The molecule has 0 radical (unpaired) electrons. The van der Waals surface area contributed by atoms with E-state index in [2.05, 4.69) is 146 Å². The smallest absolute Gasteiger partial charge is 0.149 e. The molecule has 0 spiro atoms. The lowest BCUT2D eigenvalue weighted by atomic mass is 9.68. The van der Waals surface area contributed by atoms with Crippen LogP contribution in [0.15, 0.2) is 150 Å². The quantitative estimate of drug-likeness (QED) is 0.233. The van der Waals surface area contributed by atoms with Crippen molar-refractivity contribution in [2.24, 2.45) is 0 Å². The molecule has 0 unspecified atom stereocenters. The van der Waals surface area contributed by atoms with E-state index in [-0.39, 0.29) is 5.92 Å². The molecule has 2 nitrogen and oxygen atoms in total. The van der Waals surface area contributed by atoms with Crippen LogP contribution in [-0.4, -0.2) is 0 Å². The van der Waals surface area contributed by atoms with Crippen LogP contribution in [0.2, 0.25) is 0 Å². The highest BCUT2D eigenvalue weighted by molar-refractivity contribution is 5.76. The fraction of sp³-hybridized carbons (Fsp3) is 0.105. The third-order valence-electron chi connectivity index (χ3n) is 8.75. The van der Waals surface area contributed by atoms with E-state index >= 15 is 0 Å². The number of furan rings is 1. The fourth-order valence-electron chi connectivity index (χ4n) is 7.26. The van der Waals surface area contributed by atoms with Gasteiger partial charge in [0, 0.05) is 16.7 Å². The lowest BCUT2D eigenvalue weighted by molar-refractivity contribution is -0.0992. The Morgan fingerprint density at radius 3 is 1.73 bits per heavy atom. The van der Waals surface area contributed by atoms with Gasteiger partial charge in [-0.25, -0.2) is 0 Å². The largest absolute Gasteiger partial charge is 0.461 e. The molecule has 3 atom stereocenters. The molecule has 192 valence electrons. The molecule has 0 N–H and O–H groups in total. The summed E-state index contributed by atoms with van der Waals surface area (Å²) in [5.41, 5.74) is 7.57. The van der Waals surface area contributed by atoms with E-state index in [1.165, 1.54) is 22.3 Å². The zero-order chi connectivity index (χ0) is 26.7. The van der Waals surface area contributed by atoms with Crippen molar-refractivity contribution in [3.8, 4) is 11.3 Å². The maximum Gasteiger partial charge on any atom is 0.149 e. The lowest BCUT2D eigenvalue weighted by Gasteiger charge is -2.47. The van der Waals surface area contributed by atoms with Crippen molar-refractivity contribution in [2.75, 3.05) is 0 Å². The topological polar surface area (TPSA) is 22.4 Å². The summed E-state index contributed by atoms with van der Waals surface area (Å²) in [5.74, 6) is 1.68. The van der Waals surface area contributed by atoms with Gasteiger partial charge < -0.3 is 9.15 Å². The highest BCUT2D eigenvalue weighted by Gasteiger charge is 2.66. The number of rotatable bonds is 4. The summed E-state index contributed by atoms with van der Waals surface area (Å²) in [5, 5.41) is 0. The predicted octanol–water partition coefficient (Wildman–Crippen LogP) is 8.97. The Labute approximate surface area is 234 Å². The number of hydrogen-bond acceptors (Lipinski definition) is 2. The van der Waals surface area contributed by atoms with E-state index < -0.39 is 11.2 Å². The van der Waals surface area contributed by atoms with Crippen molar-refractivity contribution < 1.29 is 9.15 Å². The Hall–Kier alpha value is -4.66. The van der Waals surface area contributed by atoms with Crippen LogP contribution in [0.1, 0.15) is 50.6 Å². The van der Waals surface area contributed by atoms with Crippen molar-refractivity contribution in [1.29, 1.82) is 0 Å². The summed E-state index contributed by atoms with van der Waals surface area (Å²) in [6.45, 7) is 2.12. The van der Waals surface area contributed by atoms with Crippen molar-refractivity contribution in [3.05, 3.63) is 190 Å². The van der Waals surface area contributed by atoms with Crippen LogP contribution in [0.5, 0.6) is 0 Å².